The zero-order valence-electron chi connectivity index (χ0n) is 20.5. The van der Waals surface area contributed by atoms with Gasteiger partial charge in [0.25, 0.3) is 0 Å². The highest BCUT2D eigenvalue weighted by Crippen LogP contribution is 2.41. The minimum absolute atomic E-state index is 0.00789. The standard InChI is InChI=1S/C27H33ClF3N3OS/c1-19-2-6-23(7-3-19)33-14-10-20(11-15-33)4-9-26(35)34-16-12-21(13-17-34)32-22-5-8-24(28)25(18-22)36-27(29,30)31/h2-3,5-8,18,20-21,32H,4,9-17H2,1H3. The van der Waals surface area contributed by atoms with E-state index in [0.29, 0.717) is 31.1 Å². The number of carbonyl (C=O) groups is 1. The molecule has 2 saturated heterocycles. The zero-order chi connectivity index (χ0) is 25.7. The highest BCUT2D eigenvalue weighted by atomic mass is 35.5. The molecular weight excluding hydrogens is 507 g/mol. The van der Waals surface area contributed by atoms with Crippen LogP contribution in [0.1, 0.15) is 44.1 Å². The number of nitrogens with zero attached hydrogens (tertiary/aromatic N) is 2. The monoisotopic (exact) mass is 539 g/mol. The van der Waals surface area contributed by atoms with Crippen LogP contribution in [0.3, 0.4) is 0 Å². The van der Waals surface area contributed by atoms with Gasteiger partial charge in [-0.1, -0.05) is 29.3 Å². The number of benzene rings is 2. The number of hydrogen-bond donors (Lipinski definition) is 1. The number of alkyl halides is 3. The third-order valence-electron chi connectivity index (χ3n) is 7.16. The van der Waals surface area contributed by atoms with Gasteiger partial charge in [-0.05, 0) is 87.0 Å². The van der Waals surface area contributed by atoms with E-state index in [-0.39, 0.29) is 33.6 Å². The van der Waals surface area contributed by atoms with Crippen molar-refractivity contribution in [3.05, 3.63) is 53.1 Å². The van der Waals surface area contributed by atoms with Crippen LogP contribution in [-0.2, 0) is 4.79 Å². The number of nitrogens with one attached hydrogen (secondary N) is 1. The third-order valence-corrected chi connectivity index (χ3v) is 8.39. The Balaban J connectivity index is 1.17. The topological polar surface area (TPSA) is 35.6 Å². The molecule has 2 aromatic carbocycles. The molecule has 1 N–H and O–H groups in total. The Kier molecular flexibility index (Phi) is 8.99. The van der Waals surface area contributed by atoms with Crippen LogP contribution >= 0.6 is 23.4 Å². The summed E-state index contributed by atoms with van der Waals surface area (Å²) in [6, 6.07) is 13.4. The first kappa shape index (κ1) is 27.0. The van der Waals surface area contributed by atoms with Crippen molar-refractivity contribution in [2.45, 2.75) is 61.9 Å². The maximum absolute atomic E-state index is 12.8. The van der Waals surface area contributed by atoms with Gasteiger partial charge in [0.2, 0.25) is 5.91 Å². The number of likely N-dealkylation sites (tertiary alicyclic amines) is 1. The van der Waals surface area contributed by atoms with E-state index < -0.39 is 5.51 Å². The summed E-state index contributed by atoms with van der Waals surface area (Å²) in [5, 5.41) is 3.40. The molecule has 0 unspecified atom stereocenters. The van der Waals surface area contributed by atoms with Gasteiger partial charge in [-0.15, -0.1) is 0 Å². The quantitative estimate of drug-likeness (QED) is 0.373. The second-order valence-electron chi connectivity index (χ2n) is 9.80. The van der Waals surface area contributed by atoms with Crippen LogP contribution in [0.4, 0.5) is 24.5 Å². The smallest absolute Gasteiger partial charge is 0.382 e. The minimum Gasteiger partial charge on any atom is -0.382 e. The fourth-order valence-electron chi connectivity index (χ4n) is 5.03. The maximum atomic E-state index is 12.8. The number of piperidine rings is 2. The predicted molar refractivity (Wildman–Crippen MR) is 142 cm³/mol. The largest absolute Gasteiger partial charge is 0.446 e. The third kappa shape index (κ3) is 7.72. The Morgan fingerprint density at radius 2 is 1.69 bits per heavy atom. The van der Waals surface area contributed by atoms with Crippen LogP contribution in [0.15, 0.2) is 47.4 Å². The summed E-state index contributed by atoms with van der Waals surface area (Å²) in [5.41, 5.74) is -1.22. The van der Waals surface area contributed by atoms with Crippen LogP contribution in [0.25, 0.3) is 0 Å². The average molecular weight is 540 g/mol. The van der Waals surface area contributed by atoms with E-state index >= 15 is 0 Å². The summed E-state index contributed by atoms with van der Waals surface area (Å²) < 4.78 is 38.3. The molecule has 2 aliphatic rings. The zero-order valence-corrected chi connectivity index (χ0v) is 22.1. The lowest BCUT2D eigenvalue weighted by Crippen LogP contribution is -2.42. The Morgan fingerprint density at radius 3 is 2.33 bits per heavy atom. The summed E-state index contributed by atoms with van der Waals surface area (Å²) in [6.45, 7) is 5.50. The molecule has 0 aliphatic carbocycles. The van der Waals surface area contributed by atoms with Crippen molar-refractivity contribution in [1.82, 2.24) is 4.90 Å². The van der Waals surface area contributed by atoms with Crippen LogP contribution in [0.2, 0.25) is 5.02 Å². The fourth-order valence-corrected chi connectivity index (χ4v) is 5.86. The number of thioether (sulfide) groups is 1. The molecule has 36 heavy (non-hydrogen) atoms. The first-order valence-electron chi connectivity index (χ1n) is 12.6. The maximum Gasteiger partial charge on any atom is 0.446 e. The molecule has 0 aromatic heterocycles. The van der Waals surface area contributed by atoms with Crippen LogP contribution in [0.5, 0.6) is 0 Å². The molecule has 196 valence electrons. The van der Waals surface area contributed by atoms with Gasteiger partial charge in [0.15, 0.2) is 0 Å². The lowest BCUT2D eigenvalue weighted by Gasteiger charge is -2.35. The van der Waals surface area contributed by atoms with Crippen LogP contribution in [-0.4, -0.2) is 48.5 Å². The van der Waals surface area contributed by atoms with Gasteiger partial charge in [-0.25, -0.2) is 0 Å². The Labute approximate surface area is 220 Å². The number of aryl methyl sites for hydroxylation is 1. The van der Waals surface area contributed by atoms with E-state index in [2.05, 4.69) is 41.4 Å². The second-order valence-corrected chi connectivity index (χ2v) is 11.3. The van der Waals surface area contributed by atoms with E-state index in [1.165, 1.54) is 23.4 Å². The average Bonchev–Trinajstić information content (AvgIpc) is 2.85. The molecule has 2 aliphatic heterocycles. The fraction of sp³-hybridized carbons (Fsp3) is 0.519. The number of hydrogen-bond acceptors (Lipinski definition) is 4. The second kappa shape index (κ2) is 12.0. The molecule has 9 heteroatoms. The van der Waals surface area contributed by atoms with Crippen LogP contribution < -0.4 is 10.2 Å². The van der Waals surface area contributed by atoms with Gasteiger partial charge < -0.3 is 15.1 Å². The first-order chi connectivity index (χ1) is 17.2. The van der Waals surface area contributed by atoms with Crippen molar-refractivity contribution < 1.29 is 18.0 Å². The summed E-state index contributed by atoms with van der Waals surface area (Å²) >= 11 is 5.73. The van der Waals surface area contributed by atoms with E-state index in [4.69, 9.17) is 11.6 Å². The predicted octanol–water partition coefficient (Wildman–Crippen LogP) is 7.36. The highest BCUT2D eigenvalue weighted by molar-refractivity contribution is 8.00. The Hall–Kier alpha value is -2.06. The molecule has 4 rings (SSSR count). The van der Waals surface area contributed by atoms with Crippen molar-refractivity contribution in [1.29, 1.82) is 0 Å². The molecule has 2 aromatic rings. The normalized spacial score (nSPS) is 17.9. The molecule has 0 bridgehead atoms. The molecule has 4 nitrogen and oxygen atoms in total. The first-order valence-corrected chi connectivity index (χ1v) is 13.8. The molecule has 2 heterocycles. The van der Waals surface area contributed by atoms with Gasteiger partial charge in [0, 0.05) is 54.9 Å². The number of halogens is 4. The van der Waals surface area contributed by atoms with Crippen molar-refractivity contribution in [3.8, 4) is 0 Å². The lowest BCUT2D eigenvalue weighted by molar-refractivity contribution is -0.132. The van der Waals surface area contributed by atoms with Gasteiger partial charge in [-0.2, -0.15) is 13.2 Å². The molecule has 0 radical (unpaired) electrons. The molecule has 2 fully saturated rings. The molecule has 0 atom stereocenters. The van der Waals surface area contributed by atoms with Gasteiger partial charge >= 0.3 is 5.51 Å². The summed E-state index contributed by atoms with van der Waals surface area (Å²) in [4.78, 5) is 17.2. The Morgan fingerprint density at radius 1 is 1.03 bits per heavy atom. The van der Waals surface area contributed by atoms with E-state index in [9.17, 15) is 18.0 Å². The molecule has 1 amide bonds. The van der Waals surface area contributed by atoms with Crippen molar-refractivity contribution in [2.75, 3.05) is 36.4 Å². The van der Waals surface area contributed by atoms with Gasteiger partial charge in [-0.3, -0.25) is 4.79 Å². The van der Waals surface area contributed by atoms with E-state index in [0.717, 1.165) is 45.2 Å². The number of amides is 1. The summed E-state index contributed by atoms with van der Waals surface area (Å²) in [6.07, 6.45) is 5.29. The number of carbonyl (C=O) groups excluding carboxylic acids is 1. The van der Waals surface area contributed by atoms with Crippen molar-refractivity contribution in [3.63, 3.8) is 0 Å². The number of rotatable bonds is 7. The van der Waals surface area contributed by atoms with Gasteiger partial charge in [0.1, 0.15) is 0 Å². The summed E-state index contributed by atoms with van der Waals surface area (Å²) in [5.74, 6) is 0.799. The van der Waals surface area contributed by atoms with Crippen molar-refractivity contribution in [2.24, 2.45) is 5.92 Å². The lowest BCUT2D eigenvalue weighted by atomic mass is 9.91. The van der Waals surface area contributed by atoms with E-state index in [1.54, 1.807) is 6.07 Å². The molecule has 0 spiro atoms. The highest BCUT2D eigenvalue weighted by Gasteiger charge is 2.31. The SMILES string of the molecule is Cc1ccc(N2CCC(CCC(=O)N3CCC(Nc4ccc(Cl)c(SC(F)(F)F)c4)CC3)CC2)cc1. The van der Waals surface area contributed by atoms with Crippen molar-refractivity contribution >= 4 is 40.6 Å². The molecule has 0 saturated carbocycles. The van der Waals surface area contributed by atoms with Gasteiger partial charge in [0.05, 0.1) is 5.02 Å². The minimum atomic E-state index is -4.38. The number of anilines is 2. The molecular formula is C27H33ClF3N3OS. The summed E-state index contributed by atoms with van der Waals surface area (Å²) in [7, 11) is 0. The van der Waals surface area contributed by atoms with E-state index in [1.807, 2.05) is 4.90 Å². The Bertz CT molecular complexity index is 1020. The van der Waals surface area contributed by atoms with Crippen LogP contribution in [0, 0.1) is 12.8 Å².